The third-order valence-corrected chi connectivity index (χ3v) is 3.87. The van der Waals surface area contributed by atoms with Crippen LogP contribution < -0.4 is 15.8 Å². The Balaban J connectivity index is 2.76. The Kier molecular flexibility index (Phi) is 6.88. The van der Waals surface area contributed by atoms with Gasteiger partial charge in [0.25, 0.3) is 0 Å². The van der Waals surface area contributed by atoms with Crippen LogP contribution in [0.15, 0.2) is 29.2 Å². The van der Waals surface area contributed by atoms with Crippen LogP contribution in [-0.2, 0) is 14.8 Å². The summed E-state index contributed by atoms with van der Waals surface area (Å²) >= 11 is 0. The van der Waals surface area contributed by atoms with Crippen LogP contribution >= 0.6 is 0 Å². The van der Waals surface area contributed by atoms with Gasteiger partial charge in [-0.3, -0.25) is 4.79 Å². The summed E-state index contributed by atoms with van der Waals surface area (Å²) in [6.45, 7) is 2.34. The molecule has 0 saturated heterocycles. The summed E-state index contributed by atoms with van der Waals surface area (Å²) in [5.74, 6) is 5.06. The highest BCUT2D eigenvalue weighted by molar-refractivity contribution is 7.89. The number of hydrogen-bond acceptors (Lipinski definition) is 4. The molecule has 0 spiro atoms. The fourth-order valence-corrected chi connectivity index (χ4v) is 2.49. The van der Waals surface area contributed by atoms with Crippen molar-refractivity contribution in [1.82, 2.24) is 10.0 Å². The molecule has 4 N–H and O–H groups in total. The molecule has 0 saturated carbocycles. The molecule has 0 atom stereocenters. The lowest BCUT2D eigenvalue weighted by Gasteiger charge is -2.07. The number of rotatable bonds is 6. The van der Waals surface area contributed by atoms with Gasteiger partial charge in [-0.1, -0.05) is 24.8 Å². The lowest BCUT2D eigenvalue weighted by atomic mass is 10.2. The fraction of sp³-hybridized carbons (Fsp3) is 0.357. The molecule has 0 heterocycles. The zero-order valence-electron chi connectivity index (χ0n) is 11.8. The number of carbonyl (C=O) groups excluding carboxylic acids is 1. The van der Waals surface area contributed by atoms with E-state index in [0.29, 0.717) is 12.1 Å². The van der Waals surface area contributed by atoms with Crippen molar-refractivity contribution in [1.29, 1.82) is 0 Å². The third-order valence-electron chi connectivity index (χ3n) is 2.47. The van der Waals surface area contributed by atoms with Crippen molar-refractivity contribution in [3.63, 3.8) is 0 Å². The molecular formula is C14H19N3O3S. The number of nitrogens with two attached hydrogens (primary N) is 1. The molecule has 7 heteroatoms. The second-order valence-electron chi connectivity index (χ2n) is 4.21. The maximum atomic E-state index is 12.1. The summed E-state index contributed by atoms with van der Waals surface area (Å²) < 4.78 is 26.4. The molecule has 0 radical (unpaired) electrons. The molecule has 0 aliphatic heterocycles. The number of amides is 1. The molecule has 0 aliphatic rings. The van der Waals surface area contributed by atoms with Crippen molar-refractivity contribution in [3.8, 4) is 11.8 Å². The molecule has 0 bridgehead atoms. The van der Waals surface area contributed by atoms with Gasteiger partial charge in [-0.05, 0) is 24.6 Å². The third kappa shape index (κ3) is 5.95. The lowest BCUT2D eigenvalue weighted by Crippen LogP contribution is -2.37. The summed E-state index contributed by atoms with van der Waals surface area (Å²) in [6.07, 6.45) is 0.792. The summed E-state index contributed by atoms with van der Waals surface area (Å²) in [5, 5.41) is 2.59. The van der Waals surface area contributed by atoms with Crippen LogP contribution in [0.5, 0.6) is 0 Å². The van der Waals surface area contributed by atoms with E-state index in [1.165, 1.54) is 12.1 Å². The van der Waals surface area contributed by atoms with Gasteiger partial charge in [0.15, 0.2) is 0 Å². The summed E-state index contributed by atoms with van der Waals surface area (Å²) in [6, 6.07) is 6.16. The number of hydrogen-bond donors (Lipinski definition) is 3. The molecule has 1 amide bonds. The SMILES string of the molecule is CCCNC(=O)CNS(=O)(=O)c1cccc(C#CCN)c1. The first-order chi connectivity index (χ1) is 9.99. The average molecular weight is 309 g/mol. The number of benzene rings is 1. The van der Waals surface area contributed by atoms with E-state index in [4.69, 9.17) is 5.73 Å². The number of carbonyl (C=O) groups is 1. The van der Waals surface area contributed by atoms with Gasteiger partial charge in [-0.2, -0.15) is 0 Å². The number of sulfonamides is 1. The minimum absolute atomic E-state index is 0.0645. The Morgan fingerprint density at radius 2 is 2.14 bits per heavy atom. The lowest BCUT2D eigenvalue weighted by molar-refractivity contribution is -0.119. The summed E-state index contributed by atoms with van der Waals surface area (Å²) in [5.41, 5.74) is 5.83. The predicted molar refractivity (Wildman–Crippen MR) is 80.9 cm³/mol. The molecule has 21 heavy (non-hydrogen) atoms. The zero-order chi connectivity index (χ0) is 15.7. The van der Waals surface area contributed by atoms with E-state index in [1.54, 1.807) is 12.1 Å². The molecule has 1 rings (SSSR count). The molecule has 6 nitrogen and oxygen atoms in total. The minimum atomic E-state index is -3.74. The van der Waals surface area contributed by atoms with Crippen LogP contribution in [-0.4, -0.2) is 34.0 Å². The van der Waals surface area contributed by atoms with Crippen molar-refractivity contribution in [2.75, 3.05) is 19.6 Å². The van der Waals surface area contributed by atoms with Gasteiger partial charge in [0.1, 0.15) is 0 Å². The first-order valence-corrected chi connectivity index (χ1v) is 8.03. The fourth-order valence-electron chi connectivity index (χ4n) is 1.46. The van der Waals surface area contributed by atoms with E-state index in [9.17, 15) is 13.2 Å². The monoisotopic (exact) mass is 309 g/mol. The number of nitrogens with one attached hydrogen (secondary N) is 2. The highest BCUT2D eigenvalue weighted by Crippen LogP contribution is 2.10. The van der Waals surface area contributed by atoms with E-state index >= 15 is 0 Å². The molecule has 0 aliphatic carbocycles. The van der Waals surface area contributed by atoms with Crippen molar-refractivity contribution < 1.29 is 13.2 Å². The zero-order valence-corrected chi connectivity index (χ0v) is 12.7. The molecular weight excluding hydrogens is 290 g/mol. The van der Waals surface area contributed by atoms with Crippen LogP contribution in [0.25, 0.3) is 0 Å². The Hall–Kier alpha value is -1.88. The van der Waals surface area contributed by atoms with Gasteiger partial charge in [0.2, 0.25) is 15.9 Å². The summed E-state index contributed by atoms with van der Waals surface area (Å²) in [7, 11) is -3.74. The van der Waals surface area contributed by atoms with Gasteiger partial charge >= 0.3 is 0 Å². The summed E-state index contributed by atoms with van der Waals surface area (Å²) in [4.78, 5) is 11.5. The van der Waals surface area contributed by atoms with E-state index in [0.717, 1.165) is 6.42 Å². The van der Waals surface area contributed by atoms with Crippen molar-refractivity contribution in [2.45, 2.75) is 18.2 Å². The van der Waals surface area contributed by atoms with E-state index < -0.39 is 10.0 Å². The van der Waals surface area contributed by atoms with Gasteiger partial charge < -0.3 is 11.1 Å². The van der Waals surface area contributed by atoms with Crippen LogP contribution in [0.3, 0.4) is 0 Å². The quantitative estimate of drug-likeness (QED) is 0.633. The molecule has 1 aromatic rings. The van der Waals surface area contributed by atoms with E-state index in [-0.39, 0.29) is 23.9 Å². The maximum absolute atomic E-state index is 12.1. The second-order valence-corrected chi connectivity index (χ2v) is 5.98. The van der Waals surface area contributed by atoms with Gasteiger partial charge in [0.05, 0.1) is 18.0 Å². The highest BCUT2D eigenvalue weighted by Gasteiger charge is 2.15. The van der Waals surface area contributed by atoms with Crippen molar-refractivity contribution in [3.05, 3.63) is 29.8 Å². The van der Waals surface area contributed by atoms with Crippen molar-refractivity contribution in [2.24, 2.45) is 5.73 Å². The van der Waals surface area contributed by atoms with Crippen LogP contribution in [0.4, 0.5) is 0 Å². The Labute approximate surface area is 125 Å². The predicted octanol–water partition coefficient (Wildman–Crippen LogP) is -0.199. The topological polar surface area (TPSA) is 101 Å². The highest BCUT2D eigenvalue weighted by atomic mass is 32.2. The first-order valence-electron chi connectivity index (χ1n) is 6.55. The Bertz CT molecular complexity index is 645. The second kappa shape index (κ2) is 8.42. The van der Waals surface area contributed by atoms with E-state index in [2.05, 4.69) is 21.9 Å². The minimum Gasteiger partial charge on any atom is -0.355 e. The van der Waals surface area contributed by atoms with E-state index in [1.807, 2.05) is 6.92 Å². The smallest absolute Gasteiger partial charge is 0.241 e. The molecule has 114 valence electrons. The van der Waals surface area contributed by atoms with Gasteiger partial charge in [0, 0.05) is 12.1 Å². The molecule has 0 aromatic heterocycles. The van der Waals surface area contributed by atoms with Gasteiger partial charge in [-0.15, -0.1) is 0 Å². The average Bonchev–Trinajstić information content (AvgIpc) is 2.49. The Morgan fingerprint density at radius 3 is 2.81 bits per heavy atom. The van der Waals surface area contributed by atoms with Gasteiger partial charge in [-0.25, -0.2) is 13.1 Å². The molecule has 1 aromatic carbocycles. The molecule has 0 fully saturated rings. The van der Waals surface area contributed by atoms with Crippen LogP contribution in [0.1, 0.15) is 18.9 Å². The Morgan fingerprint density at radius 1 is 1.38 bits per heavy atom. The molecule has 0 unspecified atom stereocenters. The van der Waals surface area contributed by atoms with Crippen molar-refractivity contribution >= 4 is 15.9 Å². The first kappa shape index (κ1) is 17.2. The standard InChI is InChI=1S/C14H19N3O3S/c1-2-9-16-14(18)11-17-21(19,20)13-7-3-5-12(10-13)6-4-8-15/h3,5,7,10,17H,2,8-9,11,15H2,1H3,(H,16,18). The largest absolute Gasteiger partial charge is 0.355 e. The van der Waals surface area contributed by atoms with Crippen LogP contribution in [0.2, 0.25) is 0 Å². The normalized spacial score (nSPS) is 10.6. The maximum Gasteiger partial charge on any atom is 0.241 e. The van der Waals surface area contributed by atoms with Crippen LogP contribution in [0, 0.1) is 11.8 Å².